The molecule has 0 aliphatic carbocycles. The van der Waals surface area contributed by atoms with Crippen molar-refractivity contribution in [2.75, 3.05) is 18.1 Å². The van der Waals surface area contributed by atoms with E-state index in [1.165, 1.54) is 38.7 Å². The van der Waals surface area contributed by atoms with Gasteiger partial charge in [0.15, 0.2) is 0 Å². The molecule has 1 aliphatic heterocycles. The van der Waals surface area contributed by atoms with Crippen molar-refractivity contribution in [3.8, 4) is 16.9 Å². The van der Waals surface area contributed by atoms with Gasteiger partial charge in [-0.25, -0.2) is 0 Å². The predicted molar refractivity (Wildman–Crippen MR) is 127 cm³/mol. The van der Waals surface area contributed by atoms with E-state index in [-0.39, 0.29) is 0 Å². The second kappa shape index (κ2) is 7.17. The Labute approximate surface area is 181 Å². The van der Waals surface area contributed by atoms with Crippen LogP contribution in [-0.4, -0.2) is 22.7 Å². The normalized spacial score (nSPS) is 13.8. The van der Waals surface area contributed by atoms with Gasteiger partial charge in [0.2, 0.25) is 0 Å². The van der Waals surface area contributed by atoms with Crippen molar-refractivity contribution in [3.05, 3.63) is 90.8 Å². The van der Waals surface area contributed by atoms with E-state index in [4.69, 9.17) is 4.74 Å². The Bertz CT molecular complexity index is 1410. The molecule has 5 aromatic rings. The molecular weight excluding hydrogens is 382 g/mol. The fraction of sp³-hybridized carbons (Fsp3) is 0.148. The summed E-state index contributed by atoms with van der Waals surface area (Å²) in [5.41, 5.74) is 7.14. The van der Waals surface area contributed by atoms with Gasteiger partial charge in [-0.3, -0.25) is 4.98 Å². The van der Waals surface area contributed by atoms with E-state index >= 15 is 0 Å². The van der Waals surface area contributed by atoms with Crippen molar-refractivity contribution in [2.24, 2.45) is 7.05 Å². The van der Waals surface area contributed by atoms with Crippen LogP contribution < -0.4 is 9.64 Å². The molecule has 0 saturated carbocycles. The maximum Gasteiger partial charge on any atom is 0.124 e. The zero-order chi connectivity index (χ0) is 20.8. The third-order valence-electron chi connectivity index (χ3n) is 6.23. The smallest absolute Gasteiger partial charge is 0.124 e. The molecule has 0 unspecified atom stereocenters. The zero-order valence-corrected chi connectivity index (χ0v) is 17.5. The summed E-state index contributed by atoms with van der Waals surface area (Å²) in [4.78, 5) is 6.93. The van der Waals surface area contributed by atoms with Gasteiger partial charge in [-0.1, -0.05) is 30.3 Å². The zero-order valence-electron chi connectivity index (χ0n) is 17.5. The summed E-state index contributed by atoms with van der Waals surface area (Å²) in [6.45, 7) is 2.32. The van der Waals surface area contributed by atoms with Gasteiger partial charge < -0.3 is 14.2 Å². The first-order valence-corrected chi connectivity index (χ1v) is 10.7. The van der Waals surface area contributed by atoms with Gasteiger partial charge in [-0.15, -0.1) is 0 Å². The molecule has 2 aromatic heterocycles. The maximum atomic E-state index is 6.12. The quantitative estimate of drug-likeness (QED) is 0.372. The van der Waals surface area contributed by atoms with Crippen molar-refractivity contribution in [2.45, 2.75) is 6.54 Å². The van der Waals surface area contributed by atoms with Gasteiger partial charge in [0, 0.05) is 53.5 Å². The minimum atomic E-state index is 0.666. The van der Waals surface area contributed by atoms with Gasteiger partial charge >= 0.3 is 0 Å². The first kappa shape index (κ1) is 18.0. The van der Waals surface area contributed by atoms with Crippen LogP contribution in [0.15, 0.2) is 85.2 Å². The van der Waals surface area contributed by atoms with Crippen molar-refractivity contribution >= 4 is 27.5 Å². The van der Waals surface area contributed by atoms with E-state index < -0.39 is 0 Å². The lowest BCUT2D eigenvalue weighted by Crippen LogP contribution is -2.25. The van der Waals surface area contributed by atoms with Gasteiger partial charge in [-0.2, -0.15) is 0 Å². The van der Waals surface area contributed by atoms with E-state index in [0.29, 0.717) is 6.61 Å². The lowest BCUT2D eigenvalue weighted by molar-refractivity contribution is 0.332. The highest BCUT2D eigenvalue weighted by molar-refractivity contribution is 5.91. The number of para-hydroxylation sites is 1. The van der Waals surface area contributed by atoms with Crippen LogP contribution in [0.25, 0.3) is 32.9 Å². The maximum absolute atomic E-state index is 6.12. The summed E-state index contributed by atoms with van der Waals surface area (Å²) >= 11 is 0. The van der Waals surface area contributed by atoms with Gasteiger partial charge in [-0.05, 0) is 53.6 Å². The monoisotopic (exact) mass is 405 g/mol. The molecule has 3 aromatic carbocycles. The number of ether oxygens (including phenoxy) is 1. The van der Waals surface area contributed by atoms with E-state index in [9.17, 15) is 0 Å². The Kier molecular flexibility index (Phi) is 4.17. The third kappa shape index (κ3) is 3.12. The fourth-order valence-electron chi connectivity index (χ4n) is 4.60. The molecule has 0 radical (unpaired) electrons. The van der Waals surface area contributed by atoms with Gasteiger partial charge in [0.1, 0.15) is 12.4 Å². The van der Waals surface area contributed by atoms with Crippen LogP contribution in [-0.2, 0) is 13.6 Å². The van der Waals surface area contributed by atoms with Crippen LogP contribution >= 0.6 is 0 Å². The second-order valence-electron chi connectivity index (χ2n) is 8.14. The summed E-state index contributed by atoms with van der Waals surface area (Å²) < 4.78 is 8.27. The molecule has 0 atom stereocenters. The summed E-state index contributed by atoms with van der Waals surface area (Å²) in [5.74, 6) is 0.977. The van der Waals surface area contributed by atoms with Gasteiger partial charge in [0.05, 0.1) is 12.1 Å². The molecule has 3 heterocycles. The number of nitrogens with zero attached hydrogens (tertiary/aromatic N) is 3. The molecule has 0 saturated heterocycles. The first-order chi connectivity index (χ1) is 15.3. The average molecular weight is 406 g/mol. The van der Waals surface area contributed by atoms with Gasteiger partial charge in [0.25, 0.3) is 0 Å². The first-order valence-electron chi connectivity index (χ1n) is 10.7. The molecule has 4 nitrogen and oxygen atoms in total. The molecule has 6 rings (SSSR count). The summed E-state index contributed by atoms with van der Waals surface area (Å²) in [6.07, 6.45) is 4.01. The van der Waals surface area contributed by atoms with Crippen LogP contribution in [0.5, 0.6) is 5.75 Å². The molecule has 1 aliphatic rings. The summed E-state index contributed by atoms with van der Waals surface area (Å²) in [6, 6.07) is 25.8. The number of pyridine rings is 1. The van der Waals surface area contributed by atoms with Crippen LogP contribution in [0.1, 0.15) is 5.56 Å². The Morgan fingerprint density at radius 2 is 1.77 bits per heavy atom. The molecule has 152 valence electrons. The SMILES string of the molecule is Cn1ccc2cc(-c3ccc4c(c3)CN(c3ccnc5ccccc35)CCO4)ccc21. The highest BCUT2D eigenvalue weighted by Crippen LogP contribution is 2.34. The lowest BCUT2D eigenvalue weighted by atomic mass is 10.0. The van der Waals surface area contributed by atoms with E-state index in [1.54, 1.807) is 0 Å². The van der Waals surface area contributed by atoms with Crippen LogP contribution in [0.2, 0.25) is 0 Å². The molecule has 0 N–H and O–H groups in total. The average Bonchev–Trinajstić information content (AvgIpc) is 3.05. The standard InChI is InChI=1S/C27H23N3O/c1-29-13-11-21-16-19(6-8-25(21)29)20-7-9-27-22(17-20)18-30(14-15-31-27)26-10-12-28-24-5-3-2-4-23(24)26/h2-13,16-17H,14-15,18H2,1H3. The molecule has 31 heavy (non-hydrogen) atoms. The Morgan fingerprint density at radius 3 is 2.74 bits per heavy atom. The highest BCUT2D eigenvalue weighted by Gasteiger charge is 2.18. The molecule has 0 spiro atoms. The number of aryl methyl sites for hydroxylation is 1. The minimum Gasteiger partial charge on any atom is -0.491 e. The second-order valence-corrected chi connectivity index (χ2v) is 8.14. The molecule has 0 fully saturated rings. The van der Waals surface area contributed by atoms with Crippen molar-refractivity contribution in [1.29, 1.82) is 0 Å². The Morgan fingerprint density at radius 1 is 0.903 bits per heavy atom. The minimum absolute atomic E-state index is 0.666. The number of rotatable bonds is 2. The number of hydrogen-bond donors (Lipinski definition) is 0. The summed E-state index contributed by atoms with van der Waals surface area (Å²) in [5, 5.41) is 2.44. The number of benzene rings is 3. The molecular formula is C27H23N3O. The molecule has 0 bridgehead atoms. The predicted octanol–water partition coefficient (Wildman–Crippen LogP) is 5.79. The number of aromatic nitrogens is 2. The molecule has 4 heteroatoms. The number of fused-ring (bicyclic) bond motifs is 3. The Balaban J connectivity index is 1.40. The van der Waals surface area contributed by atoms with Crippen molar-refractivity contribution in [3.63, 3.8) is 0 Å². The topological polar surface area (TPSA) is 30.3 Å². The van der Waals surface area contributed by atoms with E-state index in [1.807, 2.05) is 12.3 Å². The Hall–Kier alpha value is -3.79. The van der Waals surface area contributed by atoms with Crippen LogP contribution in [0.4, 0.5) is 5.69 Å². The highest BCUT2D eigenvalue weighted by atomic mass is 16.5. The van der Waals surface area contributed by atoms with Crippen LogP contribution in [0.3, 0.4) is 0 Å². The van der Waals surface area contributed by atoms with E-state index in [0.717, 1.165) is 24.4 Å². The van der Waals surface area contributed by atoms with Crippen molar-refractivity contribution < 1.29 is 4.74 Å². The fourth-order valence-corrected chi connectivity index (χ4v) is 4.60. The van der Waals surface area contributed by atoms with E-state index in [2.05, 4.69) is 94.4 Å². The largest absolute Gasteiger partial charge is 0.491 e. The third-order valence-corrected chi connectivity index (χ3v) is 6.23. The number of hydrogen-bond acceptors (Lipinski definition) is 3. The number of anilines is 1. The van der Waals surface area contributed by atoms with Crippen molar-refractivity contribution in [1.82, 2.24) is 9.55 Å². The molecule has 0 amide bonds. The van der Waals surface area contributed by atoms with Crippen LogP contribution in [0, 0.1) is 0 Å². The lowest BCUT2D eigenvalue weighted by Gasteiger charge is -2.23. The summed E-state index contributed by atoms with van der Waals surface area (Å²) in [7, 11) is 2.08.